The highest BCUT2D eigenvalue weighted by Crippen LogP contribution is 2.35. The zero-order valence-corrected chi connectivity index (χ0v) is 10.3. The summed E-state index contributed by atoms with van der Waals surface area (Å²) in [6.45, 7) is 1.81. The van der Waals surface area contributed by atoms with Gasteiger partial charge in [-0.3, -0.25) is 10.1 Å². The molecule has 0 spiro atoms. The lowest BCUT2D eigenvalue weighted by atomic mass is 9.98. The molecule has 0 radical (unpaired) electrons. The first-order chi connectivity index (χ1) is 8.75. The Balaban J connectivity index is 3.13. The average molecular weight is 277 g/mol. The highest BCUT2D eigenvalue weighted by molar-refractivity contribution is 5.41. The largest absolute Gasteiger partial charge is 0.416 e. The Morgan fingerprint density at radius 3 is 2.53 bits per heavy atom. The molecule has 0 aliphatic heterocycles. The van der Waals surface area contributed by atoms with Crippen LogP contribution in [0.15, 0.2) is 18.2 Å². The Bertz CT molecular complexity index is 460. The number of nitro groups is 1. The number of alkyl halides is 3. The number of hydrogen-bond donors (Lipinski definition) is 1. The van der Waals surface area contributed by atoms with Crippen LogP contribution in [0.4, 0.5) is 18.9 Å². The van der Waals surface area contributed by atoms with Crippen LogP contribution in [0.2, 0.25) is 0 Å². The van der Waals surface area contributed by atoms with Gasteiger partial charge in [-0.25, -0.2) is 0 Å². The van der Waals surface area contributed by atoms with Crippen molar-refractivity contribution in [1.29, 1.82) is 0 Å². The van der Waals surface area contributed by atoms with Gasteiger partial charge in [0.25, 0.3) is 5.69 Å². The molecule has 0 aliphatic rings. The smallest absolute Gasteiger partial charge is 0.393 e. The second-order valence-corrected chi connectivity index (χ2v) is 4.24. The van der Waals surface area contributed by atoms with Crippen molar-refractivity contribution in [2.24, 2.45) is 0 Å². The van der Waals surface area contributed by atoms with Crippen molar-refractivity contribution in [2.75, 3.05) is 0 Å². The number of nitro benzene ring substituents is 1. The molecule has 0 aromatic heterocycles. The van der Waals surface area contributed by atoms with E-state index in [9.17, 15) is 28.4 Å². The molecular weight excluding hydrogens is 263 g/mol. The zero-order valence-electron chi connectivity index (χ0n) is 10.3. The molecule has 7 heteroatoms. The summed E-state index contributed by atoms with van der Waals surface area (Å²) in [6, 6.07) is 2.58. The molecule has 19 heavy (non-hydrogen) atoms. The number of halogens is 3. The lowest BCUT2D eigenvalue weighted by molar-refractivity contribution is -0.385. The van der Waals surface area contributed by atoms with E-state index in [4.69, 9.17) is 0 Å². The van der Waals surface area contributed by atoms with E-state index in [1.165, 1.54) is 0 Å². The number of aliphatic hydroxyl groups is 1. The van der Waals surface area contributed by atoms with Crippen molar-refractivity contribution in [2.45, 2.75) is 38.5 Å². The second kappa shape index (κ2) is 6.01. The Morgan fingerprint density at radius 1 is 1.42 bits per heavy atom. The molecule has 1 rings (SSSR count). The van der Waals surface area contributed by atoms with Gasteiger partial charge in [-0.05, 0) is 18.4 Å². The monoisotopic (exact) mass is 277 g/mol. The minimum absolute atomic E-state index is 0.126. The normalized spacial score (nSPS) is 13.3. The van der Waals surface area contributed by atoms with Crippen LogP contribution < -0.4 is 0 Å². The molecule has 0 bridgehead atoms. The summed E-state index contributed by atoms with van der Waals surface area (Å²) in [6.07, 6.45) is -4.69. The summed E-state index contributed by atoms with van der Waals surface area (Å²) < 4.78 is 38.5. The predicted molar refractivity (Wildman–Crippen MR) is 62.7 cm³/mol. The van der Waals surface area contributed by atoms with E-state index in [1.807, 2.05) is 6.92 Å². The maximum atomic E-state index is 12.8. The highest BCUT2D eigenvalue weighted by atomic mass is 19.4. The van der Waals surface area contributed by atoms with Crippen LogP contribution in [0.5, 0.6) is 0 Å². The van der Waals surface area contributed by atoms with E-state index in [2.05, 4.69) is 0 Å². The molecule has 1 N–H and O–H groups in total. The Labute approximate surface area is 108 Å². The number of hydrogen-bond acceptors (Lipinski definition) is 3. The van der Waals surface area contributed by atoms with Gasteiger partial charge in [-0.2, -0.15) is 13.2 Å². The molecule has 0 amide bonds. The Morgan fingerprint density at radius 2 is 2.05 bits per heavy atom. The summed E-state index contributed by atoms with van der Waals surface area (Å²) in [4.78, 5) is 9.63. The molecule has 0 fully saturated rings. The van der Waals surface area contributed by atoms with E-state index in [0.717, 1.165) is 12.1 Å². The zero-order chi connectivity index (χ0) is 14.6. The molecular formula is C12H14F3NO3. The number of non-ortho nitro benzene ring substituents is 1. The molecule has 1 aromatic rings. The van der Waals surface area contributed by atoms with E-state index in [-0.39, 0.29) is 12.0 Å². The first-order valence-electron chi connectivity index (χ1n) is 5.78. The molecule has 1 unspecified atom stereocenters. The number of aliphatic hydroxyl groups excluding tert-OH is 1. The van der Waals surface area contributed by atoms with Crippen molar-refractivity contribution in [3.05, 3.63) is 39.4 Å². The minimum Gasteiger partial charge on any atom is -0.393 e. The van der Waals surface area contributed by atoms with Crippen LogP contribution in [0.1, 0.15) is 30.9 Å². The standard InChI is InChI=1S/C12H14F3NO3/c1-2-3-10(17)6-8-4-5-9(16(18)19)7-11(8)12(13,14)15/h4-5,7,10,17H,2-3,6H2,1H3. The molecule has 0 saturated heterocycles. The summed E-state index contributed by atoms with van der Waals surface area (Å²) in [5, 5.41) is 20.1. The van der Waals surface area contributed by atoms with E-state index >= 15 is 0 Å². The van der Waals surface area contributed by atoms with Crippen LogP contribution in [-0.4, -0.2) is 16.1 Å². The predicted octanol–water partition coefficient (Wildman–Crippen LogP) is 3.32. The van der Waals surface area contributed by atoms with Gasteiger partial charge in [0.1, 0.15) is 0 Å². The summed E-state index contributed by atoms with van der Waals surface area (Å²) in [5.41, 5.74) is -1.79. The SMILES string of the molecule is CCCC(O)Cc1ccc([N+](=O)[O-])cc1C(F)(F)F. The quantitative estimate of drug-likeness (QED) is 0.663. The Kier molecular flexibility index (Phi) is 4.88. The van der Waals surface area contributed by atoms with Crippen LogP contribution in [-0.2, 0) is 12.6 Å². The first-order valence-corrected chi connectivity index (χ1v) is 5.78. The fraction of sp³-hybridized carbons (Fsp3) is 0.500. The molecule has 1 atom stereocenters. The highest BCUT2D eigenvalue weighted by Gasteiger charge is 2.35. The van der Waals surface area contributed by atoms with Crippen LogP contribution in [0.3, 0.4) is 0 Å². The average Bonchev–Trinajstić information content (AvgIpc) is 2.27. The lowest BCUT2D eigenvalue weighted by Gasteiger charge is -2.15. The summed E-state index contributed by atoms with van der Waals surface area (Å²) in [7, 11) is 0. The van der Waals surface area contributed by atoms with Crippen molar-refractivity contribution < 1.29 is 23.2 Å². The van der Waals surface area contributed by atoms with Gasteiger partial charge in [0.05, 0.1) is 16.6 Å². The molecule has 0 saturated carbocycles. The van der Waals surface area contributed by atoms with Gasteiger partial charge in [-0.15, -0.1) is 0 Å². The summed E-state index contributed by atoms with van der Waals surface area (Å²) in [5.74, 6) is 0. The van der Waals surface area contributed by atoms with Crippen molar-refractivity contribution >= 4 is 5.69 Å². The van der Waals surface area contributed by atoms with E-state index in [1.54, 1.807) is 0 Å². The van der Waals surface area contributed by atoms with E-state index in [0.29, 0.717) is 18.9 Å². The molecule has 106 valence electrons. The minimum atomic E-state index is -4.67. The maximum Gasteiger partial charge on any atom is 0.416 e. The van der Waals surface area contributed by atoms with Crippen LogP contribution in [0, 0.1) is 10.1 Å². The fourth-order valence-corrected chi connectivity index (χ4v) is 1.81. The second-order valence-electron chi connectivity index (χ2n) is 4.24. The van der Waals surface area contributed by atoms with Gasteiger partial charge >= 0.3 is 6.18 Å². The van der Waals surface area contributed by atoms with Gasteiger partial charge in [-0.1, -0.05) is 19.4 Å². The molecule has 4 nitrogen and oxygen atoms in total. The van der Waals surface area contributed by atoms with Crippen molar-refractivity contribution in [3.63, 3.8) is 0 Å². The van der Waals surface area contributed by atoms with Crippen LogP contribution in [0.25, 0.3) is 0 Å². The first kappa shape index (κ1) is 15.4. The van der Waals surface area contributed by atoms with E-state index < -0.39 is 28.5 Å². The number of nitrogens with zero attached hydrogens (tertiary/aromatic N) is 1. The number of benzene rings is 1. The van der Waals surface area contributed by atoms with Gasteiger partial charge in [0.15, 0.2) is 0 Å². The fourth-order valence-electron chi connectivity index (χ4n) is 1.81. The lowest BCUT2D eigenvalue weighted by Crippen LogP contribution is -2.16. The third-order valence-corrected chi connectivity index (χ3v) is 2.69. The third-order valence-electron chi connectivity index (χ3n) is 2.69. The molecule has 0 heterocycles. The van der Waals surface area contributed by atoms with Gasteiger partial charge in [0.2, 0.25) is 0 Å². The number of rotatable bonds is 5. The van der Waals surface area contributed by atoms with Crippen molar-refractivity contribution in [1.82, 2.24) is 0 Å². The van der Waals surface area contributed by atoms with Crippen LogP contribution >= 0.6 is 0 Å². The molecule has 0 aliphatic carbocycles. The molecule has 1 aromatic carbocycles. The third kappa shape index (κ3) is 4.20. The maximum absolute atomic E-state index is 12.8. The van der Waals surface area contributed by atoms with Crippen molar-refractivity contribution in [3.8, 4) is 0 Å². The summed E-state index contributed by atoms with van der Waals surface area (Å²) >= 11 is 0. The Hall–Kier alpha value is -1.63. The topological polar surface area (TPSA) is 63.4 Å². The van der Waals surface area contributed by atoms with Gasteiger partial charge < -0.3 is 5.11 Å². The van der Waals surface area contributed by atoms with Gasteiger partial charge in [0, 0.05) is 12.1 Å².